The van der Waals surface area contributed by atoms with Crippen LogP contribution in [0.1, 0.15) is 18.4 Å². The molecule has 2 N–H and O–H groups in total. The van der Waals surface area contributed by atoms with Gasteiger partial charge in [-0.05, 0) is 31.9 Å². The molecule has 0 radical (unpaired) electrons. The van der Waals surface area contributed by atoms with Gasteiger partial charge in [0.1, 0.15) is 5.82 Å². The lowest BCUT2D eigenvalue weighted by molar-refractivity contribution is 0.180. The number of halogens is 1. The molecule has 0 bridgehead atoms. The molecule has 1 aromatic rings. The molecule has 21 heavy (non-hydrogen) atoms. The molecule has 0 aromatic heterocycles. The summed E-state index contributed by atoms with van der Waals surface area (Å²) in [6, 6.07) is 3.14. The van der Waals surface area contributed by atoms with Crippen LogP contribution in [0.25, 0.3) is 0 Å². The second-order valence-electron chi connectivity index (χ2n) is 5.80. The molecule has 1 saturated heterocycles. The van der Waals surface area contributed by atoms with Crippen LogP contribution in [-0.4, -0.2) is 49.8 Å². The molecule has 0 spiro atoms. The van der Waals surface area contributed by atoms with Crippen LogP contribution in [0.15, 0.2) is 17.0 Å². The Balaban J connectivity index is 1.84. The highest BCUT2D eigenvalue weighted by Crippen LogP contribution is 2.30. The van der Waals surface area contributed by atoms with Gasteiger partial charge in [-0.1, -0.05) is 0 Å². The minimum absolute atomic E-state index is 0.0140. The molecule has 1 saturated carbocycles. The Bertz CT molecular complexity index is 650. The predicted octanol–water partition coefficient (Wildman–Crippen LogP) is 1.19. The fourth-order valence-corrected chi connectivity index (χ4v) is 4.52. The zero-order chi connectivity index (χ0) is 15.2. The monoisotopic (exact) mass is 313 g/mol. The molecule has 1 aliphatic heterocycles. The van der Waals surface area contributed by atoms with E-state index in [0.717, 1.165) is 19.2 Å². The number of hydrogen-bond acceptors (Lipinski definition) is 4. The highest BCUT2D eigenvalue weighted by Gasteiger charge is 2.35. The van der Waals surface area contributed by atoms with Gasteiger partial charge in [-0.15, -0.1) is 0 Å². The van der Waals surface area contributed by atoms with E-state index in [9.17, 15) is 12.8 Å². The van der Waals surface area contributed by atoms with Crippen LogP contribution in [0.5, 0.6) is 0 Å². The minimum atomic E-state index is -3.68. The van der Waals surface area contributed by atoms with Crippen LogP contribution in [0.3, 0.4) is 0 Å². The maximum absolute atomic E-state index is 13.7. The predicted molar refractivity (Wildman–Crippen MR) is 78.9 cm³/mol. The third-order valence-corrected chi connectivity index (χ3v) is 6.30. The first kappa shape index (κ1) is 14.7. The SMILES string of the molecule is Cc1c(F)cc(N)cc1S(=O)(=O)N1CCN(C2CC2)CC1. The Kier molecular flexibility index (Phi) is 3.67. The van der Waals surface area contributed by atoms with Crippen molar-refractivity contribution < 1.29 is 12.8 Å². The maximum atomic E-state index is 13.7. The Morgan fingerprint density at radius 2 is 1.81 bits per heavy atom. The molecule has 7 heteroatoms. The summed E-state index contributed by atoms with van der Waals surface area (Å²) >= 11 is 0. The lowest BCUT2D eigenvalue weighted by atomic mass is 10.2. The Morgan fingerprint density at radius 1 is 1.19 bits per heavy atom. The smallest absolute Gasteiger partial charge is 0.243 e. The van der Waals surface area contributed by atoms with E-state index in [4.69, 9.17) is 5.73 Å². The van der Waals surface area contributed by atoms with Gasteiger partial charge in [0.25, 0.3) is 0 Å². The largest absolute Gasteiger partial charge is 0.399 e. The zero-order valence-electron chi connectivity index (χ0n) is 12.0. The fourth-order valence-electron chi connectivity index (χ4n) is 2.83. The third-order valence-electron chi connectivity index (χ3n) is 4.27. The molecule has 1 heterocycles. The van der Waals surface area contributed by atoms with Gasteiger partial charge in [-0.25, -0.2) is 12.8 Å². The van der Waals surface area contributed by atoms with Gasteiger partial charge in [0.15, 0.2) is 0 Å². The number of anilines is 1. The van der Waals surface area contributed by atoms with E-state index >= 15 is 0 Å². The van der Waals surface area contributed by atoms with Crippen molar-refractivity contribution in [2.45, 2.75) is 30.7 Å². The molecule has 116 valence electrons. The summed E-state index contributed by atoms with van der Waals surface area (Å²) < 4.78 is 40.6. The van der Waals surface area contributed by atoms with Gasteiger partial charge in [0.2, 0.25) is 10.0 Å². The van der Waals surface area contributed by atoms with Crippen molar-refractivity contribution in [1.29, 1.82) is 0 Å². The first-order valence-electron chi connectivity index (χ1n) is 7.19. The summed E-state index contributed by atoms with van der Waals surface area (Å²) in [4.78, 5) is 2.32. The van der Waals surface area contributed by atoms with Crippen LogP contribution in [0, 0.1) is 12.7 Å². The van der Waals surface area contributed by atoms with Crippen LogP contribution < -0.4 is 5.73 Å². The number of nitrogens with zero attached hydrogens (tertiary/aromatic N) is 2. The van der Waals surface area contributed by atoms with E-state index in [-0.39, 0.29) is 16.1 Å². The average Bonchev–Trinajstić information content (AvgIpc) is 3.27. The number of rotatable bonds is 3. The van der Waals surface area contributed by atoms with Crippen molar-refractivity contribution in [2.75, 3.05) is 31.9 Å². The molecule has 2 aliphatic rings. The van der Waals surface area contributed by atoms with Crippen LogP contribution >= 0.6 is 0 Å². The quantitative estimate of drug-likeness (QED) is 0.851. The average molecular weight is 313 g/mol. The van der Waals surface area contributed by atoms with Gasteiger partial charge in [-0.2, -0.15) is 4.31 Å². The van der Waals surface area contributed by atoms with E-state index in [1.54, 1.807) is 0 Å². The van der Waals surface area contributed by atoms with Crippen LogP contribution in [0.4, 0.5) is 10.1 Å². The normalized spacial score (nSPS) is 21.6. The van der Waals surface area contributed by atoms with Crippen molar-refractivity contribution >= 4 is 15.7 Å². The van der Waals surface area contributed by atoms with E-state index in [2.05, 4.69) is 4.90 Å². The minimum Gasteiger partial charge on any atom is -0.399 e. The second kappa shape index (κ2) is 5.23. The second-order valence-corrected chi connectivity index (χ2v) is 7.70. The molecule has 1 aromatic carbocycles. The van der Waals surface area contributed by atoms with E-state index in [1.165, 1.54) is 30.1 Å². The van der Waals surface area contributed by atoms with Crippen molar-refractivity contribution in [3.05, 3.63) is 23.5 Å². The lowest BCUT2D eigenvalue weighted by Crippen LogP contribution is -2.49. The number of sulfonamides is 1. The Hall–Kier alpha value is -1.18. The Labute approximate surface area is 124 Å². The van der Waals surface area contributed by atoms with Gasteiger partial charge < -0.3 is 5.73 Å². The van der Waals surface area contributed by atoms with Gasteiger partial charge in [0.05, 0.1) is 4.90 Å². The summed E-state index contributed by atoms with van der Waals surface area (Å²) in [7, 11) is -3.68. The highest BCUT2D eigenvalue weighted by molar-refractivity contribution is 7.89. The molecule has 5 nitrogen and oxygen atoms in total. The molecular formula is C14H20FN3O2S. The molecule has 0 amide bonds. The summed E-state index contributed by atoms with van der Waals surface area (Å²) in [6.07, 6.45) is 2.43. The molecule has 0 unspecified atom stereocenters. The number of nitrogen functional groups attached to an aromatic ring is 1. The molecule has 0 atom stereocenters. The number of hydrogen-bond donors (Lipinski definition) is 1. The van der Waals surface area contributed by atoms with Gasteiger partial charge in [-0.3, -0.25) is 4.90 Å². The topological polar surface area (TPSA) is 66.6 Å². The van der Waals surface area contributed by atoms with Crippen molar-refractivity contribution in [2.24, 2.45) is 0 Å². The van der Waals surface area contributed by atoms with E-state index < -0.39 is 15.8 Å². The maximum Gasteiger partial charge on any atom is 0.243 e. The van der Waals surface area contributed by atoms with Crippen molar-refractivity contribution in [1.82, 2.24) is 9.21 Å². The first-order valence-corrected chi connectivity index (χ1v) is 8.63. The molecular weight excluding hydrogens is 293 g/mol. The summed E-state index contributed by atoms with van der Waals surface area (Å²) in [5.74, 6) is -0.579. The number of piperazine rings is 1. The molecule has 3 rings (SSSR count). The summed E-state index contributed by atoms with van der Waals surface area (Å²) in [6.45, 7) is 3.87. The summed E-state index contributed by atoms with van der Waals surface area (Å²) in [5.41, 5.74) is 5.86. The highest BCUT2D eigenvalue weighted by atomic mass is 32.2. The Morgan fingerprint density at radius 3 is 2.38 bits per heavy atom. The van der Waals surface area contributed by atoms with Crippen LogP contribution in [-0.2, 0) is 10.0 Å². The molecule has 2 fully saturated rings. The zero-order valence-corrected chi connectivity index (χ0v) is 12.9. The van der Waals surface area contributed by atoms with Crippen molar-refractivity contribution in [3.8, 4) is 0 Å². The fraction of sp³-hybridized carbons (Fsp3) is 0.571. The van der Waals surface area contributed by atoms with Gasteiger partial charge in [0, 0.05) is 43.5 Å². The van der Waals surface area contributed by atoms with E-state index in [0.29, 0.717) is 19.1 Å². The van der Waals surface area contributed by atoms with Crippen LogP contribution in [0.2, 0.25) is 0 Å². The number of benzene rings is 1. The number of nitrogens with two attached hydrogens (primary N) is 1. The molecule has 1 aliphatic carbocycles. The van der Waals surface area contributed by atoms with Crippen molar-refractivity contribution in [3.63, 3.8) is 0 Å². The first-order chi connectivity index (χ1) is 9.89. The lowest BCUT2D eigenvalue weighted by Gasteiger charge is -2.34. The van der Waals surface area contributed by atoms with E-state index in [1.807, 2.05) is 0 Å². The summed E-state index contributed by atoms with van der Waals surface area (Å²) in [5, 5.41) is 0. The third kappa shape index (κ3) is 2.77. The standard InChI is InChI=1S/C14H20FN3O2S/c1-10-13(15)8-11(16)9-14(10)21(19,20)18-6-4-17(5-7-18)12-2-3-12/h8-9,12H,2-7,16H2,1H3. The van der Waals surface area contributed by atoms with Gasteiger partial charge >= 0.3 is 0 Å².